The fourth-order valence-corrected chi connectivity index (χ4v) is 2.03. The number of hydrogen-bond donors (Lipinski definition) is 1. The highest BCUT2D eigenvalue weighted by molar-refractivity contribution is 5.94. The Balaban J connectivity index is 1.73. The van der Waals surface area contributed by atoms with Gasteiger partial charge in [-0.3, -0.25) is 4.79 Å². The normalized spacial score (nSPS) is 10.3. The molecule has 148 valence electrons. The molecule has 0 radical (unpaired) electrons. The molecular formula is C20H20FNO6. The lowest BCUT2D eigenvalue weighted by molar-refractivity contribution is -0.149. The molecule has 0 saturated carbocycles. The molecule has 7 nitrogen and oxygen atoms in total. The highest BCUT2D eigenvalue weighted by Gasteiger charge is 2.11. The average molecular weight is 389 g/mol. The molecule has 0 atom stereocenters. The number of anilines is 1. The Hall–Kier alpha value is -3.42. The van der Waals surface area contributed by atoms with Gasteiger partial charge in [0, 0.05) is 5.69 Å². The van der Waals surface area contributed by atoms with Crippen molar-refractivity contribution in [3.8, 4) is 5.75 Å². The van der Waals surface area contributed by atoms with Crippen molar-refractivity contribution in [3.05, 3.63) is 59.9 Å². The molecule has 1 amide bonds. The molecule has 0 aliphatic heterocycles. The number of benzene rings is 2. The van der Waals surface area contributed by atoms with Gasteiger partial charge in [0.2, 0.25) is 0 Å². The van der Waals surface area contributed by atoms with Gasteiger partial charge >= 0.3 is 11.9 Å². The summed E-state index contributed by atoms with van der Waals surface area (Å²) in [5, 5.41) is 2.53. The van der Waals surface area contributed by atoms with Crippen molar-refractivity contribution in [2.24, 2.45) is 0 Å². The number of amides is 1. The van der Waals surface area contributed by atoms with E-state index in [1.807, 2.05) is 0 Å². The van der Waals surface area contributed by atoms with Gasteiger partial charge in [0.15, 0.2) is 13.2 Å². The Kier molecular flexibility index (Phi) is 7.50. The van der Waals surface area contributed by atoms with Gasteiger partial charge < -0.3 is 19.5 Å². The van der Waals surface area contributed by atoms with Gasteiger partial charge in [-0.15, -0.1) is 0 Å². The third-order valence-electron chi connectivity index (χ3n) is 3.28. The number of carbonyl (C=O) groups excluding carboxylic acids is 3. The summed E-state index contributed by atoms with van der Waals surface area (Å²) < 4.78 is 27.8. The van der Waals surface area contributed by atoms with E-state index in [-0.39, 0.29) is 6.10 Å². The Morgan fingerprint density at radius 2 is 1.61 bits per heavy atom. The molecule has 0 fully saturated rings. The van der Waals surface area contributed by atoms with E-state index in [0.29, 0.717) is 17.0 Å². The molecule has 0 aliphatic rings. The maximum Gasteiger partial charge on any atom is 0.344 e. The molecule has 0 bridgehead atoms. The van der Waals surface area contributed by atoms with E-state index in [0.717, 1.165) is 0 Å². The summed E-state index contributed by atoms with van der Waals surface area (Å²) in [6.07, 6.45) is -0.228. The first kappa shape index (κ1) is 20.9. The second-order valence-electron chi connectivity index (χ2n) is 5.98. The number of hydrogen-bond acceptors (Lipinski definition) is 6. The molecule has 2 rings (SSSR count). The summed E-state index contributed by atoms with van der Waals surface area (Å²) in [5.74, 6) is -1.86. The predicted octanol–water partition coefficient (Wildman–Crippen LogP) is 2.95. The molecule has 0 saturated heterocycles. The minimum absolute atomic E-state index is 0.228. The number of esters is 2. The van der Waals surface area contributed by atoms with E-state index >= 15 is 0 Å². The summed E-state index contributed by atoms with van der Waals surface area (Å²) in [6, 6.07) is 11.2. The van der Waals surface area contributed by atoms with E-state index in [2.05, 4.69) is 5.32 Å². The van der Waals surface area contributed by atoms with Gasteiger partial charge in [0.1, 0.15) is 11.6 Å². The van der Waals surface area contributed by atoms with Crippen LogP contribution in [0, 0.1) is 5.82 Å². The highest BCUT2D eigenvalue weighted by atomic mass is 19.1. The summed E-state index contributed by atoms with van der Waals surface area (Å²) in [4.78, 5) is 35.2. The first-order valence-electron chi connectivity index (χ1n) is 8.48. The fraction of sp³-hybridized carbons (Fsp3) is 0.250. The summed E-state index contributed by atoms with van der Waals surface area (Å²) >= 11 is 0. The largest absolute Gasteiger partial charge is 0.482 e. The highest BCUT2D eigenvalue weighted by Crippen LogP contribution is 2.12. The van der Waals surface area contributed by atoms with Crippen molar-refractivity contribution < 1.29 is 33.0 Å². The third-order valence-corrected chi connectivity index (χ3v) is 3.28. The van der Waals surface area contributed by atoms with Crippen molar-refractivity contribution in [2.75, 3.05) is 18.5 Å². The average Bonchev–Trinajstić information content (AvgIpc) is 2.66. The lowest BCUT2D eigenvalue weighted by Crippen LogP contribution is -2.23. The van der Waals surface area contributed by atoms with Crippen LogP contribution in [0.4, 0.5) is 10.1 Å². The van der Waals surface area contributed by atoms with Crippen molar-refractivity contribution >= 4 is 23.5 Å². The Labute approximate surface area is 161 Å². The third kappa shape index (κ3) is 7.06. The van der Waals surface area contributed by atoms with E-state index in [1.54, 1.807) is 13.8 Å². The summed E-state index contributed by atoms with van der Waals surface area (Å²) in [5.41, 5.74) is 0.792. The summed E-state index contributed by atoms with van der Waals surface area (Å²) in [7, 11) is 0. The molecule has 2 aromatic rings. The van der Waals surface area contributed by atoms with Crippen LogP contribution >= 0.6 is 0 Å². The van der Waals surface area contributed by atoms with Crippen molar-refractivity contribution in [1.29, 1.82) is 0 Å². The second kappa shape index (κ2) is 10.1. The molecular weight excluding hydrogens is 369 g/mol. The predicted molar refractivity (Wildman–Crippen MR) is 98.5 cm³/mol. The van der Waals surface area contributed by atoms with Gasteiger partial charge in [0.25, 0.3) is 5.91 Å². The molecule has 0 heterocycles. The Morgan fingerprint density at radius 3 is 2.21 bits per heavy atom. The molecule has 0 aromatic heterocycles. The maximum atomic E-state index is 12.8. The first-order valence-corrected chi connectivity index (χ1v) is 8.48. The zero-order valence-corrected chi connectivity index (χ0v) is 15.4. The fourth-order valence-electron chi connectivity index (χ4n) is 2.03. The molecule has 8 heteroatoms. The number of ether oxygens (including phenoxy) is 3. The van der Waals surface area contributed by atoms with Crippen molar-refractivity contribution in [1.82, 2.24) is 0 Å². The number of rotatable bonds is 8. The Morgan fingerprint density at radius 1 is 0.964 bits per heavy atom. The Bertz CT molecular complexity index is 818. The van der Waals surface area contributed by atoms with Crippen LogP contribution in [0.15, 0.2) is 48.5 Å². The smallest absolute Gasteiger partial charge is 0.344 e. The van der Waals surface area contributed by atoms with Gasteiger partial charge in [-0.05, 0) is 62.4 Å². The van der Waals surface area contributed by atoms with Crippen LogP contribution in [-0.2, 0) is 19.1 Å². The maximum absolute atomic E-state index is 12.8. The minimum Gasteiger partial charge on any atom is -0.482 e. The number of nitrogens with one attached hydrogen (secondary N) is 1. The van der Waals surface area contributed by atoms with E-state index in [9.17, 15) is 18.8 Å². The number of carbonyl (C=O) groups is 3. The van der Waals surface area contributed by atoms with Gasteiger partial charge in [0.05, 0.1) is 11.7 Å². The van der Waals surface area contributed by atoms with E-state index < -0.39 is 36.9 Å². The van der Waals surface area contributed by atoms with Crippen LogP contribution in [0.3, 0.4) is 0 Å². The lowest BCUT2D eigenvalue weighted by Gasteiger charge is -2.09. The lowest BCUT2D eigenvalue weighted by atomic mass is 10.2. The van der Waals surface area contributed by atoms with Gasteiger partial charge in [-0.2, -0.15) is 0 Å². The van der Waals surface area contributed by atoms with Crippen LogP contribution in [0.2, 0.25) is 0 Å². The molecule has 0 unspecified atom stereocenters. The van der Waals surface area contributed by atoms with Crippen LogP contribution in [0.25, 0.3) is 0 Å². The van der Waals surface area contributed by atoms with Crippen LogP contribution < -0.4 is 10.1 Å². The molecule has 28 heavy (non-hydrogen) atoms. The molecule has 0 spiro atoms. The van der Waals surface area contributed by atoms with E-state index in [4.69, 9.17) is 14.2 Å². The quantitative estimate of drug-likeness (QED) is 0.698. The number of halogens is 1. The second-order valence-corrected chi connectivity index (χ2v) is 5.98. The molecule has 0 aliphatic carbocycles. The SMILES string of the molecule is CC(C)OC(=O)c1ccc(NC(=O)COC(=O)COc2ccc(F)cc2)cc1. The monoisotopic (exact) mass is 389 g/mol. The molecule has 2 aromatic carbocycles. The first-order chi connectivity index (χ1) is 13.3. The molecule has 1 N–H and O–H groups in total. The van der Waals surface area contributed by atoms with Crippen LogP contribution in [0.1, 0.15) is 24.2 Å². The van der Waals surface area contributed by atoms with Crippen LogP contribution in [0.5, 0.6) is 5.75 Å². The van der Waals surface area contributed by atoms with Gasteiger partial charge in [-0.25, -0.2) is 14.0 Å². The van der Waals surface area contributed by atoms with Gasteiger partial charge in [-0.1, -0.05) is 0 Å². The van der Waals surface area contributed by atoms with Crippen molar-refractivity contribution in [3.63, 3.8) is 0 Å². The van der Waals surface area contributed by atoms with E-state index in [1.165, 1.54) is 48.5 Å². The zero-order valence-electron chi connectivity index (χ0n) is 15.4. The van der Waals surface area contributed by atoms with Crippen molar-refractivity contribution in [2.45, 2.75) is 20.0 Å². The zero-order chi connectivity index (χ0) is 20.5. The summed E-state index contributed by atoms with van der Waals surface area (Å²) in [6.45, 7) is 2.59. The van der Waals surface area contributed by atoms with Crippen LogP contribution in [-0.4, -0.2) is 37.2 Å². The topological polar surface area (TPSA) is 90.9 Å². The standard InChI is InChI=1S/C20H20FNO6/c1-13(2)28-20(25)14-3-7-16(8-4-14)22-18(23)11-27-19(24)12-26-17-9-5-15(21)6-10-17/h3-10,13H,11-12H2,1-2H3,(H,22,23). The minimum atomic E-state index is -0.744.